The predicted molar refractivity (Wildman–Crippen MR) is 110 cm³/mol. The van der Waals surface area contributed by atoms with Gasteiger partial charge in [-0.15, -0.1) is 0 Å². The number of Topliss-reactive ketones (excluding diaryl/α,β-unsaturated/α-hetero) is 1. The summed E-state index contributed by atoms with van der Waals surface area (Å²) in [5.41, 5.74) is 7.18. The third kappa shape index (κ3) is 6.77. The van der Waals surface area contributed by atoms with Gasteiger partial charge in [0.25, 0.3) is 5.91 Å². The topological polar surface area (TPSA) is 127 Å². The van der Waals surface area contributed by atoms with Crippen LogP contribution in [0, 0.1) is 6.92 Å². The second-order valence-electron chi connectivity index (χ2n) is 6.87. The molecule has 8 heteroatoms. The third-order valence-electron chi connectivity index (χ3n) is 4.41. The lowest BCUT2D eigenvalue weighted by Crippen LogP contribution is -2.36. The highest BCUT2D eigenvalue weighted by Gasteiger charge is 2.23. The maximum atomic E-state index is 12.8. The van der Waals surface area contributed by atoms with Gasteiger partial charge < -0.3 is 16.2 Å². The molecule has 156 valence electrons. The lowest BCUT2D eigenvalue weighted by Gasteiger charge is -2.12. The highest BCUT2D eigenvalue weighted by molar-refractivity contribution is 7.91. The number of aryl methyl sites for hydroxylation is 1. The van der Waals surface area contributed by atoms with Crippen LogP contribution >= 0.6 is 0 Å². The predicted octanol–water partition coefficient (Wildman–Crippen LogP) is 1.02. The van der Waals surface area contributed by atoms with Crippen LogP contribution in [0.3, 0.4) is 0 Å². The van der Waals surface area contributed by atoms with Crippen molar-refractivity contribution in [2.45, 2.75) is 30.8 Å². The van der Waals surface area contributed by atoms with E-state index in [-0.39, 0.29) is 47.9 Å². The molecule has 0 heterocycles. The minimum atomic E-state index is -3.84. The smallest absolute Gasteiger partial charge is 0.252 e. The summed E-state index contributed by atoms with van der Waals surface area (Å²) in [5, 5.41) is 11.9. The van der Waals surface area contributed by atoms with E-state index in [0.717, 1.165) is 11.1 Å². The molecular formula is C21H26N2O5S. The summed E-state index contributed by atoms with van der Waals surface area (Å²) in [4.78, 5) is 24.4. The first-order valence-electron chi connectivity index (χ1n) is 9.28. The molecule has 1 atom stereocenters. The Labute approximate surface area is 170 Å². The number of benzene rings is 2. The Kier molecular flexibility index (Phi) is 8.07. The zero-order valence-corrected chi connectivity index (χ0v) is 17.1. The van der Waals surface area contributed by atoms with Crippen molar-refractivity contribution in [2.75, 3.05) is 18.8 Å². The zero-order valence-electron chi connectivity index (χ0n) is 16.3. The Bertz CT molecular complexity index is 955. The molecule has 1 amide bonds. The fourth-order valence-electron chi connectivity index (χ4n) is 2.69. The van der Waals surface area contributed by atoms with Crippen LogP contribution in [-0.4, -0.2) is 50.2 Å². The van der Waals surface area contributed by atoms with E-state index in [0.29, 0.717) is 0 Å². The van der Waals surface area contributed by atoms with E-state index in [1.165, 1.54) is 18.2 Å². The fourth-order valence-corrected chi connectivity index (χ4v) is 4.19. The lowest BCUT2D eigenvalue weighted by atomic mass is 10.1. The van der Waals surface area contributed by atoms with Gasteiger partial charge >= 0.3 is 0 Å². The summed E-state index contributed by atoms with van der Waals surface area (Å²) >= 11 is 0. The number of aliphatic hydroxyl groups is 1. The van der Waals surface area contributed by atoms with Crippen LogP contribution in [0.25, 0.3) is 0 Å². The molecule has 0 aliphatic heterocycles. The average Bonchev–Trinajstić information content (AvgIpc) is 2.72. The Morgan fingerprint density at radius 1 is 1.10 bits per heavy atom. The van der Waals surface area contributed by atoms with E-state index < -0.39 is 21.8 Å². The zero-order chi connectivity index (χ0) is 21.4. The van der Waals surface area contributed by atoms with Crippen molar-refractivity contribution in [1.82, 2.24) is 5.32 Å². The molecule has 0 radical (unpaired) electrons. The maximum absolute atomic E-state index is 12.8. The number of rotatable bonds is 10. The van der Waals surface area contributed by atoms with Gasteiger partial charge in [-0.3, -0.25) is 9.59 Å². The normalized spacial score (nSPS) is 12.4. The van der Waals surface area contributed by atoms with Crippen LogP contribution in [-0.2, 0) is 21.1 Å². The van der Waals surface area contributed by atoms with Crippen LogP contribution in [0.5, 0.6) is 0 Å². The number of sulfone groups is 1. The van der Waals surface area contributed by atoms with Crippen molar-refractivity contribution in [3.63, 3.8) is 0 Å². The third-order valence-corrected chi connectivity index (χ3v) is 6.18. The molecule has 0 bridgehead atoms. The molecule has 7 nitrogen and oxygen atoms in total. The number of carbonyl (C=O) groups excluding carboxylic acids is 2. The molecular weight excluding hydrogens is 392 g/mol. The Balaban J connectivity index is 2.05. The molecule has 0 saturated carbocycles. The SMILES string of the molecule is Cc1ccc(CC(=O)CCS(=O)(=O)c2ccccc2C(=O)NCC(O)CN)cc1. The fraction of sp³-hybridized carbons (Fsp3) is 0.333. The molecule has 0 fully saturated rings. The first-order chi connectivity index (χ1) is 13.7. The Morgan fingerprint density at radius 2 is 1.76 bits per heavy atom. The van der Waals surface area contributed by atoms with E-state index in [4.69, 9.17) is 5.73 Å². The average molecular weight is 419 g/mol. The molecule has 0 aliphatic rings. The molecule has 4 N–H and O–H groups in total. The van der Waals surface area contributed by atoms with Crippen LogP contribution in [0.4, 0.5) is 0 Å². The molecule has 2 aromatic rings. The molecule has 0 aromatic heterocycles. The van der Waals surface area contributed by atoms with Gasteiger partial charge in [0.1, 0.15) is 5.78 Å². The van der Waals surface area contributed by atoms with Crippen molar-refractivity contribution in [3.8, 4) is 0 Å². The standard InChI is InChI=1S/C21H26N2O5S/c1-15-6-8-16(9-7-15)12-17(24)10-11-29(27,28)20-5-3-2-4-19(20)21(26)23-14-18(25)13-22/h2-9,18,25H,10-14,22H2,1H3,(H,23,26). The largest absolute Gasteiger partial charge is 0.390 e. The molecule has 0 aliphatic carbocycles. The number of aliphatic hydroxyl groups excluding tert-OH is 1. The summed E-state index contributed by atoms with van der Waals surface area (Å²) in [6, 6.07) is 13.3. The molecule has 2 aromatic carbocycles. The number of carbonyl (C=O) groups is 2. The number of nitrogens with two attached hydrogens (primary N) is 1. The summed E-state index contributed by atoms with van der Waals surface area (Å²) in [6.07, 6.45) is -0.894. The number of nitrogens with one attached hydrogen (secondary N) is 1. The van der Waals surface area contributed by atoms with Gasteiger partial charge in [-0.05, 0) is 24.6 Å². The summed E-state index contributed by atoms with van der Waals surface area (Å²) in [5.74, 6) is -1.19. The Hall–Kier alpha value is -2.55. The quantitative estimate of drug-likeness (QED) is 0.529. The molecule has 0 spiro atoms. The second-order valence-corrected chi connectivity index (χ2v) is 8.94. The van der Waals surface area contributed by atoms with Crippen LogP contribution in [0.1, 0.15) is 27.9 Å². The van der Waals surface area contributed by atoms with Gasteiger partial charge in [0, 0.05) is 25.9 Å². The van der Waals surface area contributed by atoms with Gasteiger partial charge in [0.2, 0.25) is 0 Å². The van der Waals surface area contributed by atoms with E-state index in [1.54, 1.807) is 6.07 Å². The van der Waals surface area contributed by atoms with Gasteiger partial charge in [0.15, 0.2) is 9.84 Å². The summed E-state index contributed by atoms with van der Waals surface area (Å²) in [7, 11) is -3.84. The number of amides is 1. The van der Waals surface area contributed by atoms with Crippen molar-refractivity contribution in [1.29, 1.82) is 0 Å². The van der Waals surface area contributed by atoms with E-state index in [1.807, 2.05) is 31.2 Å². The molecule has 29 heavy (non-hydrogen) atoms. The first-order valence-corrected chi connectivity index (χ1v) is 10.9. The van der Waals surface area contributed by atoms with Gasteiger partial charge in [-0.1, -0.05) is 42.0 Å². The van der Waals surface area contributed by atoms with Gasteiger partial charge in [0.05, 0.1) is 22.3 Å². The van der Waals surface area contributed by atoms with Crippen LogP contribution in [0.2, 0.25) is 0 Å². The number of ketones is 1. The monoisotopic (exact) mass is 418 g/mol. The molecule has 1 unspecified atom stereocenters. The van der Waals surface area contributed by atoms with Crippen molar-refractivity contribution >= 4 is 21.5 Å². The van der Waals surface area contributed by atoms with Crippen molar-refractivity contribution in [3.05, 3.63) is 65.2 Å². The van der Waals surface area contributed by atoms with E-state index in [9.17, 15) is 23.1 Å². The van der Waals surface area contributed by atoms with Crippen LogP contribution in [0.15, 0.2) is 53.4 Å². The highest BCUT2D eigenvalue weighted by atomic mass is 32.2. The maximum Gasteiger partial charge on any atom is 0.252 e. The van der Waals surface area contributed by atoms with Crippen LogP contribution < -0.4 is 11.1 Å². The molecule has 0 saturated heterocycles. The second kappa shape index (κ2) is 10.3. The summed E-state index contributed by atoms with van der Waals surface area (Å²) < 4.78 is 25.5. The van der Waals surface area contributed by atoms with Crippen molar-refractivity contribution < 1.29 is 23.1 Å². The lowest BCUT2D eigenvalue weighted by molar-refractivity contribution is -0.118. The van der Waals surface area contributed by atoms with E-state index >= 15 is 0 Å². The summed E-state index contributed by atoms with van der Waals surface area (Å²) in [6.45, 7) is 1.84. The number of hydrogen-bond acceptors (Lipinski definition) is 6. The minimum Gasteiger partial charge on any atom is -0.390 e. The Morgan fingerprint density at radius 3 is 2.41 bits per heavy atom. The highest BCUT2D eigenvalue weighted by Crippen LogP contribution is 2.18. The van der Waals surface area contributed by atoms with E-state index in [2.05, 4.69) is 5.32 Å². The minimum absolute atomic E-state index is 0.0245. The number of hydrogen-bond donors (Lipinski definition) is 3. The first kappa shape index (κ1) is 22.7. The van der Waals surface area contributed by atoms with Crippen molar-refractivity contribution in [2.24, 2.45) is 5.73 Å². The van der Waals surface area contributed by atoms with Gasteiger partial charge in [-0.2, -0.15) is 0 Å². The van der Waals surface area contributed by atoms with Gasteiger partial charge in [-0.25, -0.2) is 8.42 Å². The molecule has 2 rings (SSSR count).